The van der Waals surface area contributed by atoms with Crippen molar-refractivity contribution in [3.63, 3.8) is 0 Å². The van der Waals surface area contributed by atoms with Crippen molar-refractivity contribution >= 4 is 31.6 Å². The van der Waals surface area contributed by atoms with Gasteiger partial charge in [-0.05, 0) is 61.7 Å². The quantitative estimate of drug-likeness (QED) is 0.443. The summed E-state index contributed by atoms with van der Waals surface area (Å²) in [7, 11) is -7.15. The van der Waals surface area contributed by atoms with Crippen LogP contribution in [0.15, 0.2) is 71.6 Å². The molecule has 3 aromatic rings. The lowest BCUT2D eigenvalue weighted by atomic mass is 10.1. The Bertz CT molecular complexity index is 1510. The number of carbonyl (C=O) groups is 1. The zero-order chi connectivity index (χ0) is 27.7. The largest absolute Gasteiger partial charge is 0.336 e. The van der Waals surface area contributed by atoms with Crippen LogP contribution in [-0.2, 0) is 26.6 Å². The Labute approximate surface area is 225 Å². The molecule has 0 bridgehead atoms. The first-order valence-electron chi connectivity index (χ1n) is 12.4. The van der Waals surface area contributed by atoms with Gasteiger partial charge in [0.15, 0.2) is 0 Å². The van der Waals surface area contributed by atoms with Crippen LogP contribution >= 0.6 is 0 Å². The number of hydrogen-bond acceptors (Lipinski definition) is 5. The van der Waals surface area contributed by atoms with Gasteiger partial charge in [0.25, 0.3) is 5.91 Å². The van der Waals surface area contributed by atoms with Crippen molar-refractivity contribution in [2.24, 2.45) is 0 Å². The van der Waals surface area contributed by atoms with Crippen LogP contribution in [0.3, 0.4) is 0 Å². The highest BCUT2D eigenvalue weighted by Gasteiger charge is 2.30. The third kappa shape index (κ3) is 5.92. The highest BCUT2D eigenvalue weighted by molar-refractivity contribution is 7.92. The third-order valence-electron chi connectivity index (χ3n) is 6.80. The molecular weight excluding hydrogens is 522 g/mol. The van der Waals surface area contributed by atoms with E-state index < -0.39 is 20.0 Å². The van der Waals surface area contributed by atoms with Crippen molar-refractivity contribution in [2.45, 2.75) is 32.2 Å². The van der Waals surface area contributed by atoms with Crippen molar-refractivity contribution in [3.8, 4) is 0 Å². The number of anilines is 1. The molecule has 1 aliphatic rings. The standard InChI is InChI=1S/C28H33N3O5S2/c1-21-8-14-26(15-9-21)38(35,36)30-18-16-29(17-19-30)28(32)25-12-10-24(11-13-25)20-31(37(4,33)34)27-22(2)6-5-7-23(27)3/h5-15H,16-20H2,1-4H3. The normalized spacial score (nSPS) is 14.9. The first-order valence-corrected chi connectivity index (χ1v) is 15.7. The molecular formula is C28H33N3O5S2. The number of nitrogens with zero attached hydrogens (tertiary/aromatic N) is 3. The Morgan fingerprint density at radius 3 is 1.87 bits per heavy atom. The van der Waals surface area contributed by atoms with Gasteiger partial charge in [-0.1, -0.05) is 48.0 Å². The molecule has 0 saturated carbocycles. The van der Waals surface area contributed by atoms with Crippen molar-refractivity contribution in [1.82, 2.24) is 9.21 Å². The van der Waals surface area contributed by atoms with E-state index in [0.717, 1.165) is 22.3 Å². The number of piperazine rings is 1. The number of carbonyl (C=O) groups excluding carboxylic acids is 1. The first-order chi connectivity index (χ1) is 17.9. The number of rotatable bonds is 7. The maximum atomic E-state index is 13.1. The minimum absolute atomic E-state index is 0.147. The molecule has 202 valence electrons. The average molecular weight is 556 g/mol. The van der Waals surface area contributed by atoms with Gasteiger partial charge in [-0.3, -0.25) is 9.10 Å². The SMILES string of the molecule is Cc1ccc(S(=O)(=O)N2CCN(C(=O)c3ccc(CN(c4c(C)cccc4C)S(C)(=O)=O)cc3)CC2)cc1. The molecule has 4 rings (SSSR count). The predicted molar refractivity (Wildman–Crippen MR) is 149 cm³/mol. The number of benzene rings is 3. The van der Waals surface area contributed by atoms with Crippen LogP contribution in [0.1, 0.15) is 32.6 Å². The van der Waals surface area contributed by atoms with Gasteiger partial charge < -0.3 is 4.90 Å². The second kappa shape index (κ2) is 10.9. The highest BCUT2D eigenvalue weighted by atomic mass is 32.2. The minimum Gasteiger partial charge on any atom is -0.336 e. The molecule has 1 heterocycles. The average Bonchev–Trinajstić information content (AvgIpc) is 2.88. The van der Waals surface area contributed by atoms with Crippen LogP contribution < -0.4 is 4.31 Å². The summed E-state index contributed by atoms with van der Waals surface area (Å²) < 4.78 is 54.0. The molecule has 0 atom stereocenters. The van der Waals surface area contributed by atoms with Crippen LogP contribution in [0.4, 0.5) is 5.69 Å². The van der Waals surface area contributed by atoms with Gasteiger partial charge in [0.05, 0.1) is 23.4 Å². The summed E-state index contributed by atoms with van der Waals surface area (Å²) in [5.41, 5.74) is 4.61. The van der Waals surface area contributed by atoms with Gasteiger partial charge >= 0.3 is 0 Å². The topological polar surface area (TPSA) is 95.1 Å². The van der Waals surface area contributed by atoms with E-state index in [9.17, 15) is 21.6 Å². The molecule has 1 fully saturated rings. The zero-order valence-corrected chi connectivity index (χ0v) is 23.7. The van der Waals surface area contributed by atoms with E-state index in [4.69, 9.17) is 0 Å². The molecule has 0 aromatic heterocycles. The van der Waals surface area contributed by atoms with E-state index in [2.05, 4.69) is 0 Å². The molecule has 0 N–H and O–H groups in total. The predicted octanol–water partition coefficient (Wildman–Crippen LogP) is 3.72. The van der Waals surface area contributed by atoms with Crippen LogP contribution in [0, 0.1) is 20.8 Å². The van der Waals surface area contributed by atoms with Gasteiger partial charge in [-0.15, -0.1) is 0 Å². The number of aryl methyl sites for hydroxylation is 3. The van der Waals surface area contributed by atoms with Crippen molar-refractivity contribution < 1.29 is 21.6 Å². The maximum absolute atomic E-state index is 13.1. The molecule has 0 aliphatic carbocycles. The van der Waals surface area contributed by atoms with Crippen LogP contribution in [0.5, 0.6) is 0 Å². The van der Waals surface area contributed by atoms with Gasteiger partial charge in [0, 0.05) is 31.7 Å². The van der Waals surface area contributed by atoms with Crippen molar-refractivity contribution in [2.75, 3.05) is 36.7 Å². The van der Waals surface area contributed by atoms with E-state index in [1.807, 2.05) is 39.0 Å². The lowest BCUT2D eigenvalue weighted by molar-refractivity contribution is 0.0698. The second-order valence-electron chi connectivity index (χ2n) is 9.72. The molecule has 0 radical (unpaired) electrons. The Balaban J connectivity index is 1.44. The summed E-state index contributed by atoms with van der Waals surface area (Å²) in [6, 6.07) is 19.3. The van der Waals surface area contributed by atoms with E-state index in [1.54, 1.807) is 53.4 Å². The lowest BCUT2D eigenvalue weighted by Gasteiger charge is -2.34. The molecule has 0 spiro atoms. The lowest BCUT2D eigenvalue weighted by Crippen LogP contribution is -2.50. The van der Waals surface area contributed by atoms with Crippen LogP contribution in [0.2, 0.25) is 0 Å². The summed E-state index contributed by atoms with van der Waals surface area (Å²) in [6.45, 7) is 6.84. The van der Waals surface area contributed by atoms with Gasteiger partial charge in [-0.25, -0.2) is 16.8 Å². The summed E-state index contributed by atoms with van der Waals surface area (Å²) >= 11 is 0. The number of amides is 1. The van der Waals surface area contributed by atoms with E-state index in [0.29, 0.717) is 24.3 Å². The smallest absolute Gasteiger partial charge is 0.253 e. The van der Waals surface area contributed by atoms with Crippen molar-refractivity contribution in [1.29, 1.82) is 0 Å². The van der Waals surface area contributed by atoms with E-state index in [1.165, 1.54) is 14.9 Å². The molecule has 8 nitrogen and oxygen atoms in total. The maximum Gasteiger partial charge on any atom is 0.253 e. The zero-order valence-electron chi connectivity index (χ0n) is 22.1. The van der Waals surface area contributed by atoms with Gasteiger partial charge in [-0.2, -0.15) is 4.31 Å². The van der Waals surface area contributed by atoms with Gasteiger partial charge in [0.1, 0.15) is 0 Å². The van der Waals surface area contributed by atoms with Crippen LogP contribution in [-0.4, -0.2) is 64.4 Å². The number of hydrogen-bond donors (Lipinski definition) is 0. The monoisotopic (exact) mass is 555 g/mol. The second-order valence-corrected chi connectivity index (χ2v) is 13.6. The molecule has 1 aliphatic heterocycles. The Morgan fingerprint density at radius 2 is 1.34 bits per heavy atom. The molecule has 3 aromatic carbocycles. The fraction of sp³-hybridized carbons (Fsp3) is 0.321. The Morgan fingerprint density at radius 1 is 0.789 bits per heavy atom. The minimum atomic E-state index is -3.61. The fourth-order valence-electron chi connectivity index (χ4n) is 4.65. The third-order valence-corrected chi connectivity index (χ3v) is 9.83. The fourth-order valence-corrected chi connectivity index (χ4v) is 7.08. The first kappa shape index (κ1) is 27.8. The Hall–Kier alpha value is -3.21. The summed E-state index contributed by atoms with van der Waals surface area (Å²) in [5.74, 6) is -0.182. The van der Waals surface area contributed by atoms with Crippen LogP contribution in [0.25, 0.3) is 0 Å². The van der Waals surface area contributed by atoms with Crippen molar-refractivity contribution in [3.05, 3.63) is 94.5 Å². The van der Waals surface area contributed by atoms with Gasteiger partial charge in [0.2, 0.25) is 20.0 Å². The molecule has 0 unspecified atom stereocenters. The highest BCUT2D eigenvalue weighted by Crippen LogP contribution is 2.28. The summed E-state index contributed by atoms with van der Waals surface area (Å²) in [6.07, 6.45) is 1.19. The van der Waals surface area contributed by atoms with E-state index in [-0.39, 0.29) is 30.4 Å². The number of sulfonamides is 2. The molecule has 38 heavy (non-hydrogen) atoms. The van der Waals surface area contributed by atoms with E-state index >= 15 is 0 Å². The summed E-state index contributed by atoms with van der Waals surface area (Å²) in [4.78, 5) is 15.0. The number of para-hydroxylation sites is 1. The summed E-state index contributed by atoms with van der Waals surface area (Å²) in [5, 5.41) is 0. The molecule has 10 heteroatoms. The molecule has 1 saturated heterocycles. The Kier molecular flexibility index (Phi) is 7.96. The molecule has 1 amide bonds.